The molecular formula is C35H40N8O5S. The van der Waals surface area contributed by atoms with Gasteiger partial charge >= 0.3 is 0 Å². The second-order valence-electron chi connectivity index (χ2n) is 13.3. The van der Waals surface area contributed by atoms with Crippen molar-refractivity contribution in [2.45, 2.75) is 50.4 Å². The van der Waals surface area contributed by atoms with E-state index in [1.807, 2.05) is 30.3 Å². The molecule has 49 heavy (non-hydrogen) atoms. The molecule has 2 unspecified atom stereocenters. The van der Waals surface area contributed by atoms with Crippen LogP contribution in [-0.4, -0.2) is 102 Å². The predicted molar refractivity (Wildman–Crippen MR) is 187 cm³/mol. The Kier molecular flexibility index (Phi) is 9.18. The number of hydrogen-bond acceptors (Lipinski definition) is 10. The molecular weight excluding hydrogens is 645 g/mol. The van der Waals surface area contributed by atoms with Crippen molar-refractivity contribution in [3.8, 4) is 11.3 Å². The van der Waals surface area contributed by atoms with E-state index in [4.69, 9.17) is 4.74 Å². The Bertz CT molecular complexity index is 1980. The fourth-order valence-electron chi connectivity index (χ4n) is 7.13. The Hall–Kier alpha value is -4.66. The fraction of sp³-hybridized carbons (Fsp3) is 0.400. The van der Waals surface area contributed by atoms with E-state index < -0.39 is 15.7 Å². The van der Waals surface area contributed by atoms with Gasteiger partial charge in [-0.15, -0.1) is 0 Å². The van der Waals surface area contributed by atoms with Crippen LogP contribution in [0.3, 0.4) is 0 Å². The fourth-order valence-corrected chi connectivity index (χ4v) is 7.90. The topological polar surface area (TPSA) is 163 Å². The first kappa shape index (κ1) is 32.9. The summed E-state index contributed by atoms with van der Waals surface area (Å²) in [5, 5.41) is 6.86. The van der Waals surface area contributed by atoms with E-state index in [0.717, 1.165) is 85.4 Å². The molecule has 0 spiro atoms. The Morgan fingerprint density at radius 1 is 1.04 bits per heavy atom. The minimum absolute atomic E-state index is 0.0382. The summed E-state index contributed by atoms with van der Waals surface area (Å²) in [5.74, 6) is -0.165. The van der Waals surface area contributed by atoms with Gasteiger partial charge in [0.15, 0.2) is 9.84 Å². The Balaban J connectivity index is 0.969. The zero-order valence-electron chi connectivity index (χ0n) is 27.4. The monoisotopic (exact) mass is 684 g/mol. The molecule has 3 N–H and O–H groups in total. The number of piperidine rings is 1. The van der Waals surface area contributed by atoms with E-state index in [1.54, 1.807) is 18.6 Å². The van der Waals surface area contributed by atoms with Crippen molar-refractivity contribution < 1.29 is 22.7 Å². The van der Waals surface area contributed by atoms with Gasteiger partial charge in [0.2, 0.25) is 5.91 Å². The smallest absolute Gasteiger partial charge is 0.274 e. The third kappa shape index (κ3) is 7.51. The van der Waals surface area contributed by atoms with Crippen molar-refractivity contribution in [3.05, 3.63) is 78.4 Å². The Labute approximate surface area is 285 Å². The molecule has 4 aromatic rings. The molecule has 0 aliphatic carbocycles. The van der Waals surface area contributed by atoms with E-state index >= 15 is 0 Å². The molecule has 3 saturated heterocycles. The number of sulfone groups is 1. The van der Waals surface area contributed by atoms with E-state index in [1.165, 1.54) is 0 Å². The van der Waals surface area contributed by atoms with Crippen LogP contribution in [0.2, 0.25) is 0 Å². The first-order valence-electron chi connectivity index (χ1n) is 16.5. The van der Waals surface area contributed by atoms with Crippen LogP contribution in [0.4, 0.5) is 11.5 Å². The number of fused-ring (bicyclic) bond motifs is 3. The zero-order chi connectivity index (χ0) is 34.1. The summed E-state index contributed by atoms with van der Waals surface area (Å²) >= 11 is 0. The molecule has 7 rings (SSSR count). The minimum Gasteiger partial charge on any atom is -0.377 e. The number of morpholine rings is 1. The SMILES string of the molecule is C=C(CS(C)(=O)=O)C(=O)N[C@@H]1CCCN(Cc2ccnc(C(=O)Nc3ccc(-c4cc5c(N6C7CCC6COC7)ncnc5[nH]4)cc3)c2)C1. The number of anilines is 2. The van der Waals surface area contributed by atoms with Gasteiger partial charge in [-0.1, -0.05) is 18.7 Å². The molecule has 0 radical (unpaired) electrons. The van der Waals surface area contributed by atoms with Crippen molar-refractivity contribution in [2.24, 2.45) is 0 Å². The van der Waals surface area contributed by atoms with E-state index in [2.05, 4.69) is 53.0 Å². The van der Waals surface area contributed by atoms with Crippen LogP contribution in [0, 0.1) is 0 Å². The van der Waals surface area contributed by atoms with Crippen molar-refractivity contribution >= 4 is 44.2 Å². The molecule has 3 aliphatic rings. The summed E-state index contributed by atoms with van der Waals surface area (Å²) in [4.78, 5) is 47.2. The van der Waals surface area contributed by atoms with Gasteiger partial charge in [0.05, 0.1) is 36.4 Å². The molecule has 256 valence electrons. The van der Waals surface area contributed by atoms with Crippen LogP contribution in [-0.2, 0) is 25.9 Å². The molecule has 2 amide bonds. The number of aromatic amines is 1. The van der Waals surface area contributed by atoms with E-state index in [0.29, 0.717) is 36.6 Å². The van der Waals surface area contributed by atoms with Gasteiger partial charge in [-0.25, -0.2) is 18.4 Å². The quantitative estimate of drug-likeness (QED) is 0.211. The lowest BCUT2D eigenvalue weighted by Gasteiger charge is -2.35. The molecule has 1 aromatic carbocycles. The first-order valence-corrected chi connectivity index (χ1v) is 18.6. The van der Waals surface area contributed by atoms with Crippen LogP contribution in [0.5, 0.6) is 0 Å². The average Bonchev–Trinajstić information content (AvgIpc) is 3.62. The van der Waals surface area contributed by atoms with E-state index in [-0.39, 0.29) is 23.3 Å². The van der Waals surface area contributed by atoms with E-state index in [9.17, 15) is 18.0 Å². The van der Waals surface area contributed by atoms with Gasteiger partial charge < -0.3 is 25.3 Å². The second kappa shape index (κ2) is 13.7. The largest absolute Gasteiger partial charge is 0.377 e. The minimum atomic E-state index is -3.34. The number of pyridine rings is 1. The maximum atomic E-state index is 13.2. The molecule has 2 bridgehead atoms. The second-order valence-corrected chi connectivity index (χ2v) is 15.4. The number of nitrogens with zero attached hydrogens (tertiary/aromatic N) is 5. The van der Waals surface area contributed by atoms with Crippen LogP contribution in [0.1, 0.15) is 41.7 Å². The van der Waals surface area contributed by atoms with Crippen molar-refractivity contribution in [1.29, 1.82) is 0 Å². The van der Waals surface area contributed by atoms with Crippen LogP contribution >= 0.6 is 0 Å². The number of amides is 2. The number of rotatable bonds is 10. The number of ether oxygens (including phenoxy) is 1. The normalized spacial score (nSPS) is 21.1. The number of carbonyl (C=O) groups excluding carboxylic acids is 2. The first-order chi connectivity index (χ1) is 23.6. The molecule has 3 fully saturated rings. The maximum Gasteiger partial charge on any atom is 0.274 e. The highest BCUT2D eigenvalue weighted by atomic mass is 32.2. The predicted octanol–water partition coefficient (Wildman–Crippen LogP) is 3.32. The summed E-state index contributed by atoms with van der Waals surface area (Å²) < 4.78 is 28.9. The van der Waals surface area contributed by atoms with Crippen molar-refractivity contribution in [3.63, 3.8) is 0 Å². The Morgan fingerprint density at radius 2 is 1.82 bits per heavy atom. The standard InChI is InChI=1S/C35H40N8O5S/c1-22(20-49(2,46)47)34(44)40-26-4-3-13-42(17-26)16-23-11-12-36-31(14-23)35(45)39-25-7-5-24(6-8-25)30-15-29-32(41-30)37-21-38-33(29)43-27-9-10-28(43)19-48-18-27/h5-8,11-12,14-15,21,26-28H,1,3-4,9-10,13,16-20H2,2H3,(H,39,45)(H,40,44)(H,37,38,41)/t26-,27?,28?/m1/s1. The average molecular weight is 685 g/mol. The van der Waals surface area contributed by atoms with Gasteiger partial charge in [0.1, 0.15) is 23.5 Å². The lowest BCUT2D eigenvalue weighted by Crippen LogP contribution is -2.48. The molecule has 13 nitrogen and oxygen atoms in total. The number of benzene rings is 1. The van der Waals surface area contributed by atoms with Gasteiger partial charge in [0, 0.05) is 48.5 Å². The zero-order valence-corrected chi connectivity index (χ0v) is 28.2. The molecule has 0 saturated carbocycles. The van der Waals surface area contributed by atoms with Crippen LogP contribution in [0.15, 0.2) is 67.1 Å². The van der Waals surface area contributed by atoms with Crippen molar-refractivity contribution in [2.75, 3.05) is 48.5 Å². The number of hydrogen-bond donors (Lipinski definition) is 3. The summed E-state index contributed by atoms with van der Waals surface area (Å²) in [6.45, 7) is 7.11. The highest BCUT2D eigenvalue weighted by Crippen LogP contribution is 2.37. The van der Waals surface area contributed by atoms with Gasteiger partial charge in [0.25, 0.3) is 5.91 Å². The maximum absolute atomic E-state index is 13.2. The van der Waals surface area contributed by atoms with Gasteiger partial charge in [-0.05, 0) is 73.7 Å². The number of likely N-dealkylation sites (tertiary alicyclic amines) is 1. The lowest BCUT2D eigenvalue weighted by atomic mass is 10.0. The van der Waals surface area contributed by atoms with Gasteiger partial charge in [-0.2, -0.15) is 0 Å². The van der Waals surface area contributed by atoms with Crippen molar-refractivity contribution in [1.82, 2.24) is 30.2 Å². The molecule has 3 aromatic heterocycles. The lowest BCUT2D eigenvalue weighted by molar-refractivity contribution is -0.118. The van der Waals surface area contributed by atoms with Crippen LogP contribution < -0.4 is 15.5 Å². The van der Waals surface area contributed by atoms with Crippen LogP contribution in [0.25, 0.3) is 22.3 Å². The molecule has 14 heteroatoms. The molecule has 3 atom stereocenters. The number of nitrogens with one attached hydrogen (secondary N) is 3. The number of aromatic nitrogens is 4. The highest BCUT2D eigenvalue weighted by Gasteiger charge is 2.39. The Morgan fingerprint density at radius 3 is 2.57 bits per heavy atom. The summed E-state index contributed by atoms with van der Waals surface area (Å²) in [6.07, 6.45) is 8.20. The summed E-state index contributed by atoms with van der Waals surface area (Å²) in [5.41, 5.74) is 4.58. The third-order valence-corrected chi connectivity index (χ3v) is 10.3. The molecule has 6 heterocycles. The highest BCUT2D eigenvalue weighted by molar-refractivity contribution is 7.90. The number of carbonyl (C=O) groups is 2. The van der Waals surface area contributed by atoms with Gasteiger partial charge in [-0.3, -0.25) is 19.5 Å². The number of H-pyrrole nitrogens is 1. The summed E-state index contributed by atoms with van der Waals surface area (Å²) in [6, 6.07) is 14.0. The third-order valence-electron chi connectivity index (χ3n) is 9.40. The molecule has 3 aliphatic heterocycles. The summed E-state index contributed by atoms with van der Waals surface area (Å²) in [7, 11) is -3.34.